The molecular formula is C18H22Cl2N4O3. The molecular weight excluding hydrogens is 391 g/mol. The number of benzene rings is 1. The standard InChI is InChI=1S/C18H22Cl2N4O3/c1-26-9-6-21-18(25)12-4-7-24(8-5-12)11-16-22-17(23-27-16)14-3-2-13(19)10-15(14)20/h2-3,10,12H,4-9,11H2,1H3,(H,21,25). The monoisotopic (exact) mass is 412 g/mol. The van der Waals surface area contributed by atoms with Crippen LogP contribution in [-0.4, -0.2) is 54.3 Å². The summed E-state index contributed by atoms with van der Waals surface area (Å²) in [6.45, 7) is 3.25. The Morgan fingerprint density at radius 2 is 2.15 bits per heavy atom. The van der Waals surface area contributed by atoms with Crippen molar-refractivity contribution in [2.45, 2.75) is 19.4 Å². The highest BCUT2D eigenvalue weighted by molar-refractivity contribution is 6.36. The van der Waals surface area contributed by atoms with Gasteiger partial charge >= 0.3 is 0 Å². The van der Waals surface area contributed by atoms with Gasteiger partial charge in [-0.05, 0) is 44.1 Å². The molecule has 1 aliphatic heterocycles. The first kappa shape index (κ1) is 20.1. The second-order valence-electron chi connectivity index (χ2n) is 6.47. The van der Waals surface area contributed by atoms with Crippen LogP contribution >= 0.6 is 23.2 Å². The maximum Gasteiger partial charge on any atom is 0.241 e. The van der Waals surface area contributed by atoms with Crippen LogP contribution in [0, 0.1) is 5.92 Å². The summed E-state index contributed by atoms with van der Waals surface area (Å²) in [6.07, 6.45) is 1.62. The van der Waals surface area contributed by atoms with Crippen LogP contribution in [0.4, 0.5) is 0 Å². The van der Waals surface area contributed by atoms with Crippen LogP contribution in [0.5, 0.6) is 0 Å². The van der Waals surface area contributed by atoms with Gasteiger partial charge in [-0.25, -0.2) is 0 Å². The minimum absolute atomic E-state index is 0.0456. The molecule has 2 aromatic rings. The lowest BCUT2D eigenvalue weighted by molar-refractivity contribution is -0.126. The lowest BCUT2D eigenvalue weighted by Crippen LogP contribution is -2.41. The number of carbonyl (C=O) groups excluding carboxylic acids is 1. The molecule has 0 spiro atoms. The Bertz CT molecular complexity index is 776. The van der Waals surface area contributed by atoms with Crippen LogP contribution in [0.1, 0.15) is 18.7 Å². The Balaban J connectivity index is 1.51. The average molecular weight is 413 g/mol. The van der Waals surface area contributed by atoms with Crippen LogP contribution in [0.15, 0.2) is 22.7 Å². The van der Waals surface area contributed by atoms with Crippen molar-refractivity contribution in [1.82, 2.24) is 20.4 Å². The van der Waals surface area contributed by atoms with Crippen LogP contribution in [-0.2, 0) is 16.1 Å². The van der Waals surface area contributed by atoms with Gasteiger partial charge in [0.15, 0.2) is 0 Å². The third-order valence-corrected chi connectivity index (χ3v) is 5.11. The van der Waals surface area contributed by atoms with Gasteiger partial charge in [-0.1, -0.05) is 28.4 Å². The van der Waals surface area contributed by atoms with E-state index in [4.69, 9.17) is 32.5 Å². The molecule has 3 rings (SSSR count). The molecule has 7 nitrogen and oxygen atoms in total. The third-order valence-electron chi connectivity index (χ3n) is 4.56. The van der Waals surface area contributed by atoms with Crippen molar-refractivity contribution in [3.63, 3.8) is 0 Å². The van der Waals surface area contributed by atoms with E-state index in [1.54, 1.807) is 25.3 Å². The number of rotatable bonds is 7. The van der Waals surface area contributed by atoms with Crippen LogP contribution < -0.4 is 5.32 Å². The molecule has 9 heteroatoms. The second-order valence-corrected chi connectivity index (χ2v) is 7.31. The summed E-state index contributed by atoms with van der Waals surface area (Å²) in [6, 6.07) is 5.16. The fraction of sp³-hybridized carbons (Fsp3) is 0.500. The van der Waals surface area contributed by atoms with E-state index in [-0.39, 0.29) is 11.8 Å². The fourth-order valence-corrected chi connectivity index (χ4v) is 3.56. The first-order chi connectivity index (χ1) is 13.1. The van der Waals surface area contributed by atoms with Gasteiger partial charge in [-0.15, -0.1) is 0 Å². The number of likely N-dealkylation sites (tertiary alicyclic amines) is 1. The Morgan fingerprint density at radius 1 is 1.37 bits per heavy atom. The lowest BCUT2D eigenvalue weighted by atomic mass is 9.96. The number of nitrogens with one attached hydrogen (secondary N) is 1. The minimum atomic E-state index is 0.0456. The van der Waals surface area contributed by atoms with Gasteiger partial charge < -0.3 is 14.6 Å². The van der Waals surface area contributed by atoms with Crippen LogP contribution in [0.25, 0.3) is 11.4 Å². The highest BCUT2D eigenvalue weighted by atomic mass is 35.5. The molecule has 2 heterocycles. The Morgan fingerprint density at radius 3 is 2.85 bits per heavy atom. The van der Waals surface area contributed by atoms with Gasteiger partial charge in [0.2, 0.25) is 17.6 Å². The van der Waals surface area contributed by atoms with E-state index in [0.717, 1.165) is 25.9 Å². The summed E-state index contributed by atoms with van der Waals surface area (Å²) in [4.78, 5) is 18.7. The molecule has 0 saturated carbocycles. The zero-order valence-electron chi connectivity index (χ0n) is 15.1. The highest BCUT2D eigenvalue weighted by Crippen LogP contribution is 2.28. The maximum absolute atomic E-state index is 12.1. The predicted molar refractivity (Wildman–Crippen MR) is 103 cm³/mol. The van der Waals surface area contributed by atoms with Crippen molar-refractivity contribution in [3.05, 3.63) is 34.1 Å². The first-order valence-corrected chi connectivity index (χ1v) is 9.59. The van der Waals surface area contributed by atoms with E-state index in [9.17, 15) is 4.79 Å². The number of hydrogen-bond acceptors (Lipinski definition) is 6. The van der Waals surface area contributed by atoms with Crippen molar-refractivity contribution >= 4 is 29.1 Å². The highest BCUT2D eigenvalue weighted by Gasteiger charge is 2.25. The summed E-state index contributed by atoms with van der Waals surface area (Å²) in [5, 5.41) is 7.95. The summed E-state index contributed by atoms with van der Waals surface area (Å²) >= 11 is 12.1. The number of piperidine rings is 1. The fourth-order valence-electron chi connectivity index (χ4n) is 3.06. The van der Waals surface area contributed by atoms with E-state index >= 15 is 0 Å². The summed E-state index contributed by atoms with van der Waals surface area (Å²) < 4.78 is 10.3. The molecule has 0 unspecified atom stereocenters. The van der Waals surface area contributed by atoms with Crippen molar-refractivity contribution < 1.29 is 14.1 Å². The third kappa shape index (κ3) is 5.42. The molecule has 27 heavy (non-hydrogen) atoms. The summed E-state index contributed by atoms with van der Waals surface area (Å²) in [7, 11) is 1.62. The zero-order chi connectivity index (χ0) is 19.2. The van der Waals surface area contributed by atoms with Crippen molar-refractivity contribution in [3.8, 4) is 11.4 Å². The molecule has 1 saturated heterocycles. The molecule has 0 atom stereocenters. The van der Waals surface area contributed by atoms with Gasteiger partial charge in [0, 0.05) is 30.2 Å². The summed E-state index contributed by atoms with van der Waals surface area (Å²) in [5.74, 6) is 1.12. The molecule has 0 radical (unpaired) electrons. The van der Waals surface area contributed by atoms with Gasteiger partial charge in [-0.2, -0.15) is 4.98 Å². The quantitative estimate of drug-likeness (QED) is 0.703. The van der Waals surface area contributed by atoms with E-state index in [1.807, 2.05) is 0 Å². The number of carbonyl (C=O) groups is 1. The number of halogens is 2. The van der Waals surface area contributed by atoms with Gasteiger partial charge in [-0.3, -0.25) is 9.69 Å². The zero-order valence-corrected chi connectivity index (χ0v) is 16.6. The topological polar surface area (TPSA) is 80.5 Å². The molecule has 0 bridgehead atoms. The number of nitrogens with zero attached hydrogens (tertiary/aromatic N) is 3. The summed E-state index contributed by atoms with van der Waals surface area (Å²) in [5.41, 5.74) is 0.683. The first-order valence-electron chi connectivity index (χ1n) is 8.84. The molecule has 1 N–H and O–H groups in total. The number of aromatic nitrogens is 2. The Hall–Kier alpha value is -1.67. The van der Waals surface area contributed by atoms with Crippen LogP contribution in [0.3, 0.4) is 0 Å². The number of hydrogen-bond donors (Lipinski definition) is 1. The molecule has 0 aliphatic carbocycles. The second kappa shape index (κ2) is 9.50. The minimum Gasteiger partial charge on any atom is -0.383 e. The number of ether oxygens (including phenoxy) is 1. The van der Waals surface area contributed by atoms with Crippen molar-refractivity contribution in [2.75, 3.05) is 33.4 Å². The lowest BCUT2D eigenvalue weighted by Gasteiger charge is -2.30. The predicted octanol–water partition coefficient (Wildman–Crippen LogP) is 3.02. The molecule has 1 aromatic carbocycles. The average Bonchev–Trinajstić information content (AvgIpc) is 3.10. The Kier molecular flexibility index (Phi) is 7.07. The van der Waals surface area contributed by atoms with Gasteiger partial charge in [0.05, 0.1) is 18.2 Å². The number of methoxy groups -OCH3 is 1. The van der Waals surface area contributed by atoms with E-state index in [0.29, 0.717) is 47.0 Å². The van der Waals surface area contributed by atoms with E-state index in [1.165, 1.54) is 0 Å². The molecule has 1 aromatic heterocycles. The van der Waals surface area contributed by atoms with Gasteiger partial charge in [0.25, 0.3) is 0 Å². The SMILES string of the molecule is COCCNC(=O)C1CCN(Cc2nc(-c3ccc(Cl)cc3Cl)no2)CC1. The van der Waals surface area contributed by atoms with E-state index < -0.39 is 0 Å². The molecule has 146 valence electrons. The smallest absolute Gasteiger partial charge is 0.241 e. The maximum atomic E-state index is 12.1. The molecule has 1 amide bonds. The largest absolute Gasteiger partial charge is 0.383 e. The Labute approximate surface area is 168 Å². The molecule has 1 aliphatic rings. The number of amides is 1. The van der Waals surface area contributed by atoms with Gasteiger partial charge in [0.1, 0.15) is 0 Å². The van der Waals surface area contributed by atoms with Crippen LogP contribution in [0.2, 0.25) is 10.0 Å². The van der Waals surface area contributed by atoms with E-state index in [2.05, 4.69) is 20.4 Å². The van der Waals surface area contributed by atoms with Crippen molar-refractivity contribution in [2.24, 2.45) is 5.92 Å². The molecule has 1 fully saturated rings. The normalized spacial score (nSPS) is 15.8. The van der Waals surface area contributed by atoms with Crippen molar-refractivity contribution in [1.29, 1.82) is 0 Å².